The Balaban J connectivity index is 2.08. The molecule has 0 aliphatic carbocycles. The normalized spacial score (nSPS) is 12.1. The summed E-state index contributed by atoms with van der Waals surface area (Å²) in [5.41, 5.74) is 2.24. The van der Waals surface area contributed by atoms with Crippen LogP contribution in [0.25, 0.3) is 0 Å². The number of carboxylic acids is 1. The van der Waals surface area contributed by atoms with Crippen LogP contribution in [-0.2, 0) is 4.79 Å². The predicted octanol–water partition coefficient (Wildman–Crippen LogP) is -0.441. The van der Waals surface area contributed by atoms with Crippen molar-refractivity contribution in [2.75, 3.05) is 0 Å². The highest BCUT2D eigenvalue weighted by Gasteiger charge is 2.25. The van der Waals surface area contributed by atoms with Crippen molar-refractivity contribution in [3.8, 4) is 11.8 Å². The van der Waals surface area contributed by atoms with E-state index in [1.54, 1.807) is 12.1 Å². The minimum absolute atomic E-state index is 0.189. The maximum absolute atomic E-state index is 12.2. The third kappa shape index (κ3) is 5.34. The Morgan fingerprint density at radius 1 is 1.07 bits per heavy atom. The van der Waals surface area contributed by atoms with Crippen LogP contribution in [0.15, 0.2) is 36.7 Å². The van der Waals surface area contributed by atoms with Crippen molar-refractivity contribution in [3.05, 3.63) is 59.2 Å². The van der Waals surface area contributed by atoms with E-state index in [1.807, 2.05) is 0 Å². The molecule has 144 valence electrons. The number of benzene rings is 1. The lowest BCUT2D eigenvalue weighted by molar-refractivity contribution is -0.133. The van der Waals surface area contributed by atoms with Crippen LogP contribution in [0.5, 0.6) is 0 Å². The van der Waals surface area contributed by atoms with Gasteiger partial charge in [-0.15, -0.1) is 0 Å². The fraction of sp³-hybridized carbons (Fsp3) is 0.167. The van der Waals surface area contributed by atoms with Gasteiger partial charge in [0.25, 0.3) is 11.8 Å². The number of amides is 2. The van der Waals surface area contributed by atoms with E-state index in [0.717, 1.165) is 6.20 Å². The van der Waals surface area contributed by atoms with Crippen molar-refractivity contribution in [1.29, 1.82) is 0 Å². The molecule has 0 aliphatic rings. The van der Waals surface area contributed by atoms with Gasteiger partial charge in [-0.1, -0.05) is 5.92 Å². The largest absolute Gasteiger partial charge is 0.476 e. The third-order valence-corrected chi connectivity index (χ3v) is 3.51. The van der Waals surface area contributed by atoms with Gasteiger partial charge < -0.3 is 15.5 Å². The summed E-state index contributed by atoms with van der Waals surface area (Å²) in [6, 6.07) is 4.74. The molecule has 5 N–H and O–H groups in total. The molecule has 2 amide bonds. The van der Waals surface area contributed by atoms with Gasteiger partial charge in [-0.25, -0.2) is 20.2 Å². The molecule has 0 saturated heterocycles. The van der Waals surface area contributed by atoms with Crippen molar-refractivity contribution in [3.63, 3.8) is 0 Å². The van der Waals surface area contributed by atoms with Gasteiger partial charge in [0.2, 0.25) is 0 Å². The van der Waals surface area contributed by atoms with Crippen molar-refractivity contribution >= 4 is 17.8 Å². The molecule has 1 heterocycles. The predicted molar refractivity (Wildman–Crippen MR) is 94.3 cm³/mol. The van der Waals surface area contributed by atoms with Crippen LogP contribution >= 0.6 is 0 Å². The number of hydroxylamine groups is 1. The third-order valence-electron chi connectivity index (χ3n) is 3.51. The standard InChI is InChI=1S/C18H16N4O6/c1-10(23)15(17(25)22-28)21-16(24)12-5-2-11(3-6-12)4-7-13-8-20-14(9-19-13)18(26)27/h2-3,5-6,8-10,15,23,28H,1H3,(H,21,24)(H,22,25)(H,26,27)/t10-,15+/m1/s1. The summed E-state index contributed by atoms with van der Waals surface area (Å²) in [4.78, 5) is 41.9. The Bertz CT molecular complexity index is 929. The zero-order valence-corrected chi connectivity index (χ0v) is 14.6. The smallest absolute Gasteiger partial charge is 0.356 e. The SMILES string of the molecule is C[C@@H](O)[C@H](NC(=O)c1ccc(C#Cc2cnc(C(=O)O)cn2)cc1)C(=O)NO. The monoisotopic (exact) mass is 384 g/mol. The molecule has 1 aromatic heterocycles. The maximum atomic E-state index is 12.2. The van der Waals surface area contributed by atoms with Gasteiger partial charge in [-0.05, 0) is 37.1 Å². The van der Waals surface area contributed by atoms with Crippen LogP contribution in [0, 0.1) is 11.8 Å². The highest BCUT2D eigenvalue weighted by atomic mass is 16.5. The maximum Gasteiger partial charge on any atom is 0.356 e. The first-order valence-electron chi connectivity index (χ1n) is 7.92. The summed E-state index contributed by atoms with van der Waals surface area (Å²) in [5.74, 6) is 2.76. The average Bonchev–Trinajstić information content (AvgIpc) is 2.70. The van der Waals surface area contributed by atoms with E-state index in [4.69, 9.17) is 10.3 Å². The quantitative estimate of drug-likeness (QED) is 0.263. The number of carboxylic acid groups (broad SMARTS) is 1. The van der Waals surface area contributed by atoms with E-state index in [2.05, 4.69) is 27.1 Å². The molecule has 0 unspecified atom stereocenters. The summed E-state index contributed by atoms with van der Waals surface area (Å²) in [5, 5.41) is 29.3. The lowest BCUT2D eigenvalue weighted by Gasteiger charge is -2.19. The van der Waals surface area contributed by atoms with E-state index >= 15 is 0 Å². The summed E-state index contributed by atoms with van der Waals surface area (Å²) < 4.78 is 0. The molecule has 0 spiro atoms. The number of hydrogen-bond acceptors (Lipinski definition) is 7. The summed E-state index contributed by atoms with van der Waals surface area (Å²) in [6.07, 6.45) is 1.12. The second-order valence-corrected chi connectivity index (χ2v) is 5.59. The van der Waals surface area contributed by atoms with Crippen LogP contribution in [0.1, 0.15) is 39.0 Å². The Hall–Kier alpha value is -3.81. The molecular formula is C18H16N4O6. The highest BCUT2D eigenvalue weighted by molar-refractivity contribution is 5.97. The number of hydrogen-bond donors (Lipinski definition) is 5. The minimum Gasteiger partial charge on any atom is -0.476 e. The Kier molecular flexibility index (Phi) is 6.75. The van der Waals surface area contributed by atoms with Crippen molar-refractivity contribution in [1.82, 2.24) is 20.8 Å². The summed E-state index contributed by atoms with van der Waals surface area (Å²) in [7, 11) is 0. The van der Waals surface area contributed by atoms with E-state index in [1.165, 1.54) is 30.7 Å². The topological polar surface area (TPSA) is 162 Å². The fourth-order valence-electron chi connectivity index (χ4n) is 2.04. The molecule has 2 aromatic rings. The molecule has 28 heavy (non-hydrogen) atoms. The highest BCUT2D eigenvalue weighted by Crippen LogP contribution is 2.05. The molecule has 0 saturated carbocycles. The van der Waals surface area contributed by atoms with Crippen molar-refractivity contribution < 1.29 is 29.8 Å². The van der Waals surface area contributed by atoms with Crippen LogP contribution in [0.4, 0.5) is 0 Å². The Morgan fingerprint density at radius 2 is 1.75 bits per heavy atom. The second-order valence-electron chi connectivity index (χ2n) is 5.59. The van der Waals surface area contributed by atoms with Gasteiger partial charge >= 0.3 is 5.97 Å². The zero-order chi connectivity index (χ0) is 20.7. The van der Waals surface area contributed by atoms with Gasteiger partial charge in [0.05, 0.1) is 18.5 Å². The lowest BCUT2D eigenvalue weighted by Crippen LogP contribution is -2.51. The summed E-state index contributed by atoms with van der Waals surface area (Å²) >= 11 is 0. The number of aromatic carboxylic acids is 1. The number of nitrogens with one attached hydrogen (secondary N) is 2. The van der Waals surface area contributed by atoms with E-state index < -0.39 is 29.9 Å². The average molecular weight is 384 g/mol. The number of rotatable bonds is 5. The fourth-order valence-corrected chi connectivity index (χ4v) is 2.04. The number of carbonyl (C=O) groups is 3. The second kappa shape index (κ2) is 9.22. The summed E-state index contributed by atoms with van der Waals surface area (Å²) in [6.45, 7) is 1.30. The number of nitrogens with zero attached hydrogens (tertiary/aromatic N) is 2. The first-order valence-corrected chi connectivity index (χ1v) is 7.92. The molecular weight excluding hydrogens is 368 g/mol. The number of aliphatic hydroxyl groups is 1. The van der Waals surface area contributed by atoms with E-state index in [-0.39, 0.29) is 17.0 Å². The molecule has 1 aromatic carbocycles. The van der Waals surface area contributed by atoms with Crippen molar-refractivity contribution in [2.45, 2.75) is 19.1 Å². The first-order chi connectivity index (χ1) is 13.3. The molecule has 2 rings (SSSR count). The minimum atomic E-state index is -1.32. The molecule has 0 bridgehead atoms. The molecule has 2 atom stereocenters. The lowest BCUT2D eigenvalue weighted by atomic mass is 10.1. The molecule has 0 radical (unpaired) electrons. The molecule has 10 heteroatoms. The number of carbonyl (C=O) groups excluding carboxylic acids is 2. The molecule has 0 aliphatic heterocycles. The van der Waals surface area contributed by atoms with Crippen LogP contribution in [0.3, 0.4) is 0 Å². The van der Waals surface area contributed by atoms with Gasteiger partial charge in [-0.2, -0.15) is 0 Å². The molecule has 0 fully saturated rings. The number of aromatic nitrogens is 2. The molecule has 10 nitrogen and oxygen atoms in total. The van der Waals surface area contributed by atoms with Crippen LogP contribution in [0.2, 0.25) is 0 Å². The number of aliphatic hydroxyl groups excluding tert-OH is 1. The Labute approximate surface area is 159 Å². The van der Waals surface area contributed by atoms with Crippen LogP contribution in [-0.4, -0.2) is 55.3 Å². The first kappa shape index (κ1) is 20.5. The van der Waals surface area contributed by atoms with Gasteiger partial charge in [0.15, 0.2) is 5.69 Å². The van der Waals surface area contributed by atoms with Crippen LogP contribution < -0.4 is 10.8 Å². The van der Waals surface area contributed by atoms with Crippen molar-refractivity contribution in [2.24, 2.45) is 0 Å². The van der Waals surface area contributed by atoms with Gasteiger partial charge in [0.1, 0.15) is 11.7 Å². The van der Waals surface area contributed by atoms with Gasteiger partial charge in [0, 0.05) is 11.1 Å². The van der Waals surface area contributed by atoms with E-state index in [0.29, 0.717) is 5.56 Å². The van der Waals surface area contributed by atoms with E-state index in [9.17, 15) is 19.5 Å². The van der Waals surface area contributed by atoms with Gasteiger partial charge in [-0.3, -0.25) is 14.8 Å². The zero-order valence-electron chi connectivity index (χ0n) is 14.6. The Morgan fingerprint density at radius 3 is 2.25 bits per heavy atom.